The maximum absolute atomic E-state index is 15.0. The lowest BCUT2D eigenvalue weighted by Gasteiger charge is -2.46. The van der Waals surface area contributed by atoms with Crippen molar-refractivity contribution >= 4 is 21.0 Å². The van der Waals surface area contributed by atoms with Crippen molar-refractivity contribution in [3.05, 3.63) is 83.9 Å². The van der Waals surface area contributed by atoms with Crippen molar-refractivity contribution in [3.8, 4) is 5.75 Å². The first-order valence-corrected chi connectivity index (χ1v) is 18.7. The third kappa shape index (κ3) is 7.72. The SMILES string of the molecule is CC(Oc1ccc([S+](c2ccc(C(C)(C)C)cc2)c2ccc(C3(C)OCC(F)(F)C(C4CCCCC4)O3)cc2)cc1)C(F)(F)S(=O)(=O)O. The molecular formula is C36H43F4O6S2+. The highest BCUT2D eigenvalue weighted by molar-refractivity contribution is 7.97. The standard InChI is InChI=1S/C36H42F4O6S2/c1-24(36(39,40)48(41,42)43)45-28-15-21-31(22-16-28)47(29-17-11-26(12-18-29)33(2,3)4)30-19-13-27(14-20-30)34(5)44-23-35(37,38)32(46-34)25-9-7-6-8-10-25/h11-22,24-25,32H,6-10,23H2,1-5H3/p+1. The van der Waals surface area contributed by atoms with E-state index < -0.39 is 56.8 Å². The van der Waals surface area contributed by atoms with Gasteiger partial charge in [0, 0.05) is 5.56 Å². The van der Waals surface area contributed by atoms with E-state index in [1.54, 1.807) is 19.1 Å². The molecule has 6 nitrogen and oxygen atoms in total. The van der Waals surface area contributed by atoms with Crippen molar-refractivity contribution in [2.45, 2.75) is 116 Å². The van der Waals surface area contributed by atoms with Gasteiger partial charge < -0.3 is 14.2 Å². The van der Waals surface area contributed by atoms with E-state index in [9.17, 15) is 17.2 Å². The van der Waals surface area contributed by atoms with Crippen LogP contribution in [0.4, 0.5) is 17.6 Å². The monoisotopic (exact) mass is 711 g/mol. The van der Waals surface area contributed by atoms with Crippen LogP contribution in [0.25, 0.3) is 0 Å². The van der Waals surface area contributed by atoms with E-state index in [0.29, 0.717) is 18.4 Å². The van der Waals surface area contributed by atoms with Gasteiger partial charge in [0.1, 0.15) is 18.5 Å². The number of benzene rings is 3. The summed E-state index contributed by atoms with van der Waals surface area (Å²) in [6.45, 7) is 8.19. The van der Waals surface area contributed by atoms with E-state index in [-0.39, 0.29) is 17.1 Å². The summed E-state index contributed by atoms with van der Waals surface area (Å²) in [4.78, 5) is 2.70. The van der Waals surface area contributed by atoms with Crippen LogP contribution in [-0.4, -0.2) is 43.0 Å². The molecule has 0 radical (unpaired) electrons. The van der Waals surface area contributed by atoms with Gasteiger partial charge in [-0.1, -0.05) is 52.2 Å². The van der Waals surface area contributed by atoms with Gasteiger partial charge in [0.25, 0.3) is 5.92 Å². The van der Waals surface area contributed by atoms with Gasteiger partial charge in [0.2, 0.25) is 0 Å². The summed E-state index contributed by atoms with van der Waals surface area (Å²) in [5.41, 5.74) is 1.69. The molecule has 48 heavy (non-hydrogen) atoms. The second-order valence-electron chi connectivity index (χ2n) is 13.8. The highest BCUT2D eigenvalue weighted by Gasteiger charge is 2.55. The van der Waals surface area contributed by atoms with Crippen LogP contribution in [0.15, 0.2) is 87.5 Å². The summed E-state index contributed by atoms with van der Waals surface area (Å²) < 4.78 is 107. The van der Waals surface area contributed by atoms with Gasteiger partial charge in [-0.3, -0.25) is 4.55 Å². The van der Waals surface area contributed by atoms with Crippen LogP contribution in [0.1, 0.15) is 77.8 Å². The lowest BCUT2D eigenvalue weighted by Crippen LogP contribution is -2.55. The van der Waals surface area contributed by atoms with Crippen molar-refractivity contribution in [1.29, 1.82) is 0 Å². The van der Waals surface area contributed by atoms with Crippen LogP contribution < -0.4 is 4.74 Å². The fourth-order valence-electron chi connectivity index (χ4n) is 6.24. The highest BCUT2D eigenvalue weighted by Crippen LogP contribution is 2.45. The molecule has 1 heterocycles. The Morgan fingerprint density at radius 1 is 0.875 bits per heavy atom. The minimum absolute atomic E-state index is 0.000367. The fraction of sp³-hybridized carbons (Fsp3) is 0.500. The van der Waals surface area contributed by atoms with E-state index in [1.165, 1.54) is 12.1 Å². The lowest BCUT2D eigenvalue weighted by atomic mass is 9.82. The molecule has 2 fully saturated rings. The molecule has 4 atom stereocenters. The number of ether oxygens (including phenoxy) is 3. The molecule has 1 aliphatic heterocycles. The Morgan fingerprint density at radius 3 is 1.88 bits per heavy atom. The first-order valence-electron chi connectivity index (χ1n) is 16.1. The predicted octanol–water partition coefficient (Wildman–Crippen LogP) is 9.13. The Balaban J connectivity index is 1.45. The van der Waals surface area contributed by atoms with E-state index in [2.05, 4.69) is 32.9 Å². The molecule has 1 aliphatic carbocycles. The molecule has 12 heteroatoms. The quantitative estimate of drug-likeness (QED) is 0.136. The Kier molecular flexibility index (Phi) is 10.4. The molecule has 4 unspecified atom stereocenters. The van der Waals surface area contributed by atoms with E-state index >= 15 is 8.78 Å². The third-order valence-corrected chi connectivity index (χ3v) is 12.4. The summed E-state index contributed by atoms with van der Waals surface area (Å²) in [6.07, 6.45) is 0.911. The van der Waals surface area contributed by atoms with E-state index in [4.69, 9.17) is 18.8 Å². The fourth-order valence-corrected chi connectivity index (χ4v) is 8.75. The van der Waals surface area contributed by atoms with Crippen LogP contribution in [-0.2, 0) is 41.7 Å². The van der Waals surface area contributed by atoms with Crippen LogP contribution in [0.2, 0.25) is 0 Å². The van der Waals surface area contributed by atoms with Crippen LogP contribution in [0.3, 0.4) is 0 Å². The van der Waals surface area contributed by atoms with Gasteiger partial charge in [-0.05, 0) is 104 Å². The van der Waals surface area contributed by atoms with Gasteiger partial charge in [-0.25, -0.2) is 8.78 Å². The molecule has 0 amide bonds. The van der Waals surface area contributed by atoms with Gasteiger partial charge in [0.05, 0.1) is 10.9 Å². The largest absolute Gasteiger partial charge is 0.483 e. The molecule has 1 N–H and O–H groups in total. The zero-order chi connectivity index (χ0) is 35.1. The smallest absolute Gasteiger partial charge is 0.405 e. The van der Waals surface area contributed by atoms with Gasteiger partial charge in [-0.2, -0.15) is 17.2 Å². The maximum Gasteiger partial charge on any atom is 0.405 e. The summed E-state index contributed by atoms with van der Waals surface area (Å²) in [5, 5.41) is -4.50. The summed E-state index contributed by atoms with van der Waals surface area (Å²) in [5.74, 6) is -4.66. The van der Waals surface area contributed by atoms with Crippen molar-refractivity contribution < 1.29 is 44.7 Å². The number of rotatable bonds is 9. The Hall–Kier alpha value is -2.64. The Morgan fingerprint density at radius 2 is 1.38 bits per heavy atom. The normalized spacial score (nSPS) is 23.8. The first-order chi connectivity index (χ1) is 22.3. The molecule has 3 aromatic rings. The number of halogens is 4. The summed E-state index contributed by atoms with van der Waals surface area (Å²) >= 11 is 0. The second kappa shape index (κ2) is 13.6. The molecule has 262 valence electrons. The summed E-state index contributed by atoms with van der Waals surface area (Å²) in [6, 6.07) is 22.1. The first kappa shape index (κ1) is 36.6. The van der Waals surface area contributed by atoms with Crippen LogP contribution >= 0.6 is 0 Å². The Bertz CT molecular complexity index is 1650. The molecule has 5 rings (SSSR count). The molecule has 2 aliphatic rings. The van der Waals surface area contributed by atoms with Crippen molar-refractivity contribution in [2.75, 3.05) is 6.61 Å². The van der Waals surface area contributed by atoms with E-state index in [1.807, 2.05) is 36.4 Å². The van der Waals surface area contributed by atoms with Gasteiger partial charge in [-0.15, -0.1) is 0 Å². The van der Waals surface area contributed by atoms with E-state index in [0.717, 1.165) is 46.4 Å². The second-order valence-corrected chi connectivity index (χ2v) is 17.3. The van der Waals surface area contributed by atoms with Crippen molar-refractivity contribution in [2.24, 2.45) is 5.92 Å². The summed E-state index contributed by atoms with van der Waals surface area (Å²) in [7, 11) is -6.37. The maximum atomic E-state index is 15.0. The lowest BCUT2D eigenvalue weighted by molar-refractivity contribution is -0.371. The molecule has 0 spiro atoms. The molecule has 0 aromatic heterocycles. The number of hydrogen-bond donors (Lipinski definition) is 1. The average molecular weight is 712 g/mol. The van der Waals surface area contributed by atoms with Crippen LogP contribution in [0.5, 0.6) is 5.75 Å². The minimum Gasteiger partial charge on any atom is -0.483 e. The Labute approximate surface area is 283 Å². The molecule has 1 saturated carbocycles. The van der Waals surface area contributed by atoms with Crippen LogP contribution in [0, 0.1) is 5.92 Å². The highest BCUT2D eigenvalue weighted by atomic mass is 32.2. The van der Waals surface area contributed by atoms with Crippen molar-refractivity contribution in [3.63, 3.8) is 0 Å². The zero-order valence-corrected chi connectivity index (χ0v) is 29.4. The van der Waals surface area contributed by atoms with Crippen molar-refractivity contribution in [1.82, 2.24) is 0 Å². The molecule has 1 saturated heterocycles. The molecule has 3 aromatic carbocycles. The molecule has 0 bridgehead atoms. The van der Waals surface area contributed by atoms with Gasteiger partial charge in [0.15, 0.2) is 26.6 Å². The zero-order valence-electron chi connectivity index (χ0n) is 27.7. The number of alkyl halides is 4. The average Bonchev–Trinajstić information content (AvgIpc) is 3.03. The van der Waals surface area contributed by atoms with Gasteiger partial charge >= 0.3 is 15.4 Å². The predicted molar refractivity (Wildman–Crippen MR) is 176 cm³/mol. The topological polar surface area (TPSA) is 82.1 Å². The molecular weight excluding hydrogens is 669 g/mol. The number of hydrogen-bond acceptors (Lipinski definition) is 5. The third-order valence-electron chi connectivity index (χ3n) is 9.15. The minimum atomic E-state index is -5.67.